The predicted molar refractivity (Wildman–Crippen MR) is 77.0 cm³/mol. The second kappa shape index (κ2) is 7.55. The number of nitrogens with one attached hydrogen (secondary N) is 1. The number of hydrogen-bond acceptors (Lipinski definition) is 4. The fourth-order valence-corrected chi connectivity index (χ4v) is 2.59. The lowest BCUT2D eigenvalue weighted by atomic mass is 10.2. The Balaban J connectivity index is 2.60. The average Bonchev–Trinajstić information content (AvgIpc) is 2.76. The molecule has 1 heterocycles. The Hall–Kier alpha value is -1.01. The maximum Gasteiger partial charge on any atom is 0.233 e. The van der Waals surface area contributed by atoms with Crippen LogP contribution in [0.2, 0.25) is 0 Å². The van der Waals surface area contributed by atoms with Crippen LogP contribution in [-0.4, -0.2) is 31.9 Å². The molecule has 1 atom stereocenters. The van der Waals surface area contributed by atoms with Gasteiger partial charge in [-0.15, -0.1) is 0 Å². The molecule has 5 nitrogen and oxygen atoms in total. The third-order valence-electron chi connectivity index (χ3n) is 3.19. The molecule has 0 aromatic carbocycles. The standard InChI is InChI=1S/C13H23N3O2S/c1-5-10(6-2)15-12(18)9(3)19-13-14-7-11(8-17)16(13)4/h7,9-10,17H,5-6,8H2,1-4H3,(H,15,18). The number of aromatic nitrogens is 2. The molecule has 0 saturated heterocycles. The Kier molecular flexibility index (Phi) is 6.37. The highest BCUT2D eigenvalue weighted by molar-refractivity contribution is 8.00. The van der Waals surface area contributed by atoms with Gasteiger partial charge in [-0.3, -0.25) is 4.79 Å². The number of aliphatic hydroxyl groups excluding tert-OH is 1. The van der Waals surface area contributed by atoms with Crippen molar-refractivity contribution < 1.29 is 9.90 Å². The molecule has 0 radical (unpaired) electrons. The minimum absolute atomic E-state index is 0.0345. The summed E-state index contributed by atoms with van der Waals surface area (Å²) in [6, 6.07) is 0.241. The zero-order valence-electron chi connectivity index (χ0n) is 12.0. The van der Waals surface area contributed by atoms with Crippen molar-refractivity contribution in [2.24, 2.45) is 7.05 Å². The zero-order chi connectivity index (χ0) is 14.4. The van der Waals surface area contributed by atoms with E-state index >= 15 is 0 Å². The Morgan fingerprint density at radius 2 is 2.16 bits per heavy atom. The van der Waals surface area contributed by atoms with Crippen LogP contribution in [-0.2, 0) is 18.4 Å². The van der Waals surface area contributed by atoms with E-state index in [1.807, 2.05) is 18.5 Å². The molecule has 1 aromatic rings. The van der Waals surface area contributed by atoms with Crippen molar-refractivity contribution in [3.05, 3.63) is 11.9 Å². The van der Waals surface area contributed by atoms with Crippen molar-refractivity contribution >= 4 is 17.7 Å². The minimum atomic E-state index is -0.201. The Bertz CT molecular complexity index is 416. The highest BCUT2D eigenvalue weighted by Crippen LogP contribution is 2.22. The molecular formula is C13H23N3O2S. The normalized spacial score (nSPS) is 12.7. The molecule has 6 heteroatoms. The summed E-state index contributed by atoms with van der Waals surface area (Å²) in [5.74, 6) is 0.0345. The lowest BCUT2D eigenvalue weighted by molar-refractivity contribution is -0.121. The van der Waals surface area contributed by atoms with Gasteiger partial charge in [-0.25, -0.2) is 4.98 Å². The van der Waals surface area contributed by atoms with Crippen molar-refractivity contribution in [3.8, 4) is 0 Å². The Morgan fingerprint density at radius 3 is 2.63 bits per heavy atom. The number of nitrogens with zero attached hydrogens (tertiary/aromatic N) is 2. The van der Waals surface area contributed by atoms with Crippen LogP contribution in [0.5, 0.6) is 0 Å². The van der Waals surface area contributed by atoms with E-state index in [4.69, 9.17) is 5.11 Å². The molecule has 1 aromatic heterocycles. The van der Waals surface area contributed by atoms with Crippen LogP contribution in [0.3, 0.4) is 0 Å². The summed E-state index contributed by atoms with van der Waals surface area (Å²) in [5.41, 5.74) is 0.745. The van der Waals surface area contributed by atoms with E-state index in [1.165, 1.54) is 11.8 Å². The number of aliphatic hydroxyl groups is 1. The first kappa shape index (κ1) is 16.0. The van der Waals surface area contributed by atoms with Crippen molar-refractivity contribution in [1.82, 2.24) is 14.9 Å². The molecule has 0 fully saturated rings. The molecule has 1 rings (SSSR count). The van der Waals surface area contributed by atoms with Crippen molar-refractivity contribution in [2.75, 3.05) is 0 Å². The monoisotopic (exact) mass is 285 g/mol. The highest BCUT2D eigenvalue weighted by Gasteiger charge is 2.19. The molecule has 2 N–H and O–H groups in total. The van der Waals surface area contributed by atoms with Gasteiger partial charge in [-0.1, -0.05) is 25.6 Å². The molecule has 0 saturated carbocycles. The van der Waals surface area contributed by atoms with E-state index in [2.05, 4.69) is 24.1 Å². The zero-order valence-corrected chi connectivity index (χ0v) is 12.8. The number of hydrogen-bond donors (Lipinski definition) is 2. The molecule has 19 heavy (non-hydrogen) atoms. The summed E-state index contributed by atoms with van der Waals surface area (Å²) in [5, 5.41) is 12.7. The maximum absolute atomic E-state index is 12.0. The summed E-state index contributed by atoms with van der Waals surface area (Å²) in [6.45, 7) is 5.96. The second-order valence-corrected chi connectivity index (χ2v) is 5.84. The molecule has 1 amide bonds. The van der Waals surface area contributed by atoms with E-state index in [-0.39, 0.29) is 23.8 Å². The molecule has 0 bridgehead atoms. The number of carbonyl (C=O) groups is 1. The molecule has 108 valence electrons. The third-order valence-corrected chi connectivity index (χ3v) is 4.34. The second-order valence-electron chi connectivity index (χ2n) is 4.53. The summed E-state index contributed by atoms with van der Waals surface area (Å²) >= 11 is 1.41. The van der Waals surface area contributed by atoms with E-state index in [9.17, 15) is 4.79 Å². The highest BCUT2D eigenvalue weighted by atomic mass is 32.2. The van der Waals surface area contributed by atoms with Crippen LogP contribution in [0.1, 0.15) is 39.3 Å². The summed E-state index contributed by atoms with van der Waals surface area (Å²) < 4.78 is 1.81. The van der Waals surface area contributed by atoms with E-state index in [1.54, 1.807) is 6.20 Å². The van der Waals surface area contributed by atoms with Crippen LogP contribution < -0.4 is 5.32 Å². The maximum atomic E-state index is 12.0. The molecule has 0 aliphatic rings. The number of thioether (sulfide) groups is 1. The van der Waals surface area contributed by atoms with Crippen LogP contribution >= 0.6 is 11.8 Å². The fraction of sp³-hybridized carbons (Fsp3) is 0.692. The largest absolute Gasteiger partial charge is 0.390 e. The van der Waals surface area contributed by atoms with Gasteiger partial charge in [0.25, 0.3) is 0 Å². The predicted octanol–water partition coefficient (Wildman–Crippen LogP) is 1.70. The van der Waals surface area contributed by atoms with Gasteiger partial charge in [-0.05, 0) is 19.8 Å². The van der Waals surface area contributed by atoms with Gasteiger partial charge < -0.3 is 15.0 Å². The Morgan fingerprint density at radius 1 is 1.53 bits per heavy atom. The average molecular weight is 285 g/mol. The molecule has 0 aliphatic carbocycles. The van der Waals surface area contributed by atoms with E-state index < -0.39 is 0 Å². The molecule has 1 unspecified atom stereocenters. The summed E-state index contributed by atoms with van der Waals surface area (Å²) in [4.78, 5) is 16.3. The van der Waals surface area contributed by atoms with Crippen LogP contribution in [0, 0.1) is 0 Å². The minimum Gasteiger partial charge on any atom is -0.390 e. The molecule has 0 spiro atoms. The molecule has 0 aliphatic heterocycles. The number of amides is 1. The first-order valence-electron chi connectivity index (χ1n) is 6.61. The lowest BCUT2D eigenvalue weighted by Crippen LogP contribution is -2.38. The Labute approximate surface area is 118 Å². The van der Waals surface area contributed by atoms with E-state index in [0.717, 1.165) is 23.7 Å². The summed E-state index contributed by atoms with van der Waals surface area (Å²) in [7, 11) is 1.84. The van der Waals surface area contributed by atoms with Crippen LogP contribution in [0.25, 0.3) is 0 Å². The van der Waals surface area contributed by atoms with Crippen LogP contribution in [0.4, 0.5) is 0 Å². The van der Waals surface area contributed by atoms with Gasteiger partial charge in [-0.2, -0.15) is 0 Å². The fourth-order valence-electron chi connectivity index (χ4n) is 1.71. The van der Waals surface area contributed by atoms with Crippen molar-refractivity contribution in [1.29, 1.82) is 0 Å². The third kappa shape index (κ3) is 4.24. The molecular weight excluding hydrogens is 262 g/mol. The topological polar surface area (TPSA) is 67.2 Å². The van der Waals surface area contributed by atoms with Crippen molar-refractivity contribution in [2.45, 2.75) is 56.7 Å². The number of carbonyl (C=O) groups excluding carboxylic acids is 1. The van der Waals surface area contributed by atoms with Gasteiger partial charge in [0, 0.05) is 13.1 Å². The van der Waals surface area contributed by atoms with Gasteiger partial charge >= 0.3 is 0 Å². The first-order chi connectivity index (χ1) is 9.03. The number of imidazole rings is 1. The lowest BCUT2D eigenvalue weighted by Gasteiger charge is -2.18. The summed E-state index contributed by atoms with van der Waals surface area (Å²) in [6.07, 6.45) is 3.52. The van der Waals surface area contributed by atoms with E-state index in [0.29, 0.717) is 0 Å². The van der Waals surface area contributed by atoms with Gasteiger partial charge in [0.2, 0.25) is 5.91 Å². The first-order valence-corrected chi connectivity index (χ1v) is 7.49. The SMILES string of the molecule is CCC(CC)NC(=O)C(C)Sc1ncc(CO)n1C. The van der Waals surface area contributed by atoms with Gasteiger partial charge in [0.1, 0.15) is 0 Å². The van der Waals surface area contributed by atoms with Crippen molar-refractivity contribution in [3.63, 3.8) is 0 Å². The smallest absolute Gasteiger partial charge is 0.233 e. The van der Waals surface area contributed by atoms with Crippen LogP contribution in [0.15, 0.2) is 11.4 Å². The van der Waals surface area contributed by atoms with Gasteiger partial charge in [0.05, 0.1) is 23.7 Å². The van der Waals surface area contributed by atoms with Gasteiger partial charge in [0.15, 0.2) is 5.16 Å². The quantitative estimate of drug-likeness (QED) is 0.748. The number of rotatable bonds is 7.